The third-order valence-corrected chi connectivity index (χ3v) is 9.00. The number of quaternary nitrogens is 1. The zero-order chi connectivity index (χ0) is 26.6. The van der Waals surface area contributed by atoms with Crippen LogP contribution >= 0.6 is 0 Å². The molecule has 5 rings (SSSR count). The average Bonchev–Trinajstić information content (AvgIpc) is 2.86. The Balaban J connectivity index is 1.51. The lowest BCUT2D eigenvalue weighted by Gasteiger charge is -2.49. The molecule has 1 aliphatic heterocycles. The summed E-state index contributed by atoms with van der Waals surface area (Å²) in [5.41, 5.74) is -1.67. The van der Waals surface area contributed by atoms with Crippen LogP contribution in [0.4, 0.5) is 0 Å². The number of primary amides is 1. The highest BCUT2D eigenvalue weighted by Gasteiger charge is 2.63. The van der Waals surface area contributed by atoms with Crippen LogP contribution < -0.4 is 5.32 Å². The fraction of sp³-hybridized carbons (Fsp3) is 0.630. The fourth-order valence-electron chi connectivity index (χ4n) is 7.10. The van der Waals surface area contributed by atoms with Crippen molar-refractivity contribution in [3.05, 3.63) is 34.6 Å². The van der Waals surface area contributed by atoms with Crippen LogP contribution in [-0.4, -0.2) is 93.1 Å². The molecule has 0 bridgehead atoms. The molecule has 3 fully saturated rings. The van der Waals surface area contributed by atoms with Gasteiger partial charge in [0.15, 0.2) is 28.9 Å². The van der Waals surface area contributed by atoms with Crippen molar-refractivity contribution in [2.45, 2.75) is 56.3 Å². The molecule has 1 heterocycles. The third kappa shape index (κ3) is 4.06. The lowest BCUT2D eigenvalue weighted by molar-refractivity contribution is -0.542. The summed E-state index contributed by atoms with van der Waals surface area (Å²) in [5, 5.41) is 45.1. The molecule has 4 aliphatic carbocycles. The summed E-state index contributed by atoms with van der Waals surface area (Å²) in [7, 11) is 1.42. The molecule has 1 amide bonds. The first kappa shape index (κ1) is 26.1. The normalized spacial score (nSPS) is 38.3. The maximum Gasteiger partial charge on any atom is 0.323 e. The first-order valence-electron chi connectivity index (χ1n) is 13.2. The number of hydrogen-bond acceptors (Lipinski definition) is 9. The van der Waals surface area contributed by atoms with Gasteiger partial charge in [-0.15, -0.1) is 0 Å². The fourth-order valence-corrected chi connectivity index (χ4v) is 7.10. The maximum atomic E-state index is 13.7. The van der Waals surface area contributed by atoms with Crippen LogP contribution in [0.25, 0.3) is 0 Å². The lowest BCUT2D eigenvalue weighted by atomic mass is 9.56. The molecule has 5 aliphatic rings. The largest absolute Gasteiger partial charge is 0.508 e. The summed E-state index contributed by atoms with van der Waals surface area (Å²) in [6, 6.07) is 0. The second-order valence-electron chi connectivity index (χ2n) is 11.1. The Hall–Kier alpha value is -2.50. The molecule has 0 aromatic carbocycles. The van der Waals surface area contributed by atoms with Gasteiger partial charge in [0.05, 0.1) is 31.7 Å². The number of carbonyl (C=O) groups excluding carboxylic acids is 4. The first-order valence-corrected chi connectivity index (χ1v) is 13.2. The minimum absolute atomic E-state index is 0.0970. The standard InChI is InChI=1S/C27H34N2O8/c1-28-26(36)22-18(31)11-14-9-13-10-16-15(19(32)12-29-7-3-2-4-8-29)5-6-17(30)21(16)23(33)20(13)24(34)27(14,37)25(22)35/h5-6,13-14,17-18,21-22,30-31,34,37H,2-4,7-12H2,1H3,(H,28,36)/p+1. The van der Waals surface area contributed by atoms with Crippen LogP contribution in [0.5, 0.6) is 0 Å². The molecule has 10 nitrogen and oxygen atoms in total. The van der Waals surface area contributed by atoms with Gasteiger partial charge in [0.25, 0.3) is 0 Å². The summed E-state index contributed by atoms with van der Waals surface area (Å²) < 4.78 is 0. The number of Topliss-reactive ketones (excluding diaryl/α,β-unsaturated/α-hetero) is 3. The van der Waals surface area contributed by atoms with Crippen LogP contribution in [0.3, 0.4) is 0 Å². The van der Waals surface area contributed by atoms with Crippen molar-refractivity contribution in [1.29, 1.82) is 0 Å². The number of hydrogen-bond donors (Lipinski definition) is 5. The summed E-state index contributed by atoms with van der Waals surface area (Å²) in [4.78, 5) is 54.7. The van der Waals surface area contributed by atoms with E-state index in [9.17, 15) is 39.6 Å². The number of aliphatic hydroxyl groups is 4. The van der Waals surface area contributed by atoms with Crippen LogP contribution in [0.15, 0.2) is 34.6 Å². The van der Waals surface area contributed by atoms with Crippen LogP contribution in [-0.2, 0) is 19.2 Å². The van der Waals surface area contributed by atoms with Gasteiger partial charge >= 0.3 is 5.91 Å². The van der Waals surface area contributed by atoms with Gasteiger partial charge in [-0.2, -0.15) is 0 Å². The van der Waals surface area contributed by atoms with Crippen molar-refractivity contribution in [2.24, 2.45) is 23.7 Å². The van der Waals surface area contributed by atoms with E-state index in [0.29, 0.717) is 11.1 Å². The highest BCUT2D eigenvalue weighted by atomic mass is 16.3. The smallest absolute Gasteiger partial charge is 0.323 e. The van der Waals surface area contributed by atoms with Crippen LogP contribution in [0.2, 0.25) is 0 Å². The number of aliphatic hydroxyl groups excluding tert-OH is 3. The molecule has 0 aromatic rings. The number of carbonyl (C=O) groups is 4. The molecular weight excluding hydrogens is 480 g/mol. The second-order valence-corrected chi connectivity index (χ2v) is 11.1. The Morgan fingerprint density at radius 1 is 1.14 bits per heavy atom. The Morgan fingerprint density at radius 2 is 1.84 bits per heavy atom. The minimum atomic E-state index is -2.46. The van der Waals surface area contributed by atoms with Gasteiger partial charge in [-0.1, -0.05) is 18.6 Å². The highest BCUT2D eigenvalue weighted by Crippen LogP contribution is 2.53. The number of nitrogens with zero attached hydrogens (tertiary/aromatic N) is 1. The van der Waals surface area contributed by atoms with Crippen molar-refractivity contribution in [2.75, 3.05) is 26.7 Å². The quantitative estimate of drug-likeness (QED) is 0.286. The van der Waals surface area contributed by atoms with Crippen molar-refractivity contribution < 1.29 is 44.9 Å². The van der Waals surface area contributed by atoms with Gasteiger partial charge in [0, 0.05) is 17.1 Å². The zero-order valence-corrected chi connectivity index (χ0v) is 20.9. The summed E-state index contributed by atoms with van der Waals surface area (Å²) in [6.45, 7) is 1.90. The van der Waals surface area contributed by atoms with E-state index in [0.717, 1.165) is 37.7 Å². The van der Waals surface area contributed by atoms with Crippen molar-refractivity contribution in [1.82, 2.24) is 4.90 Å². The van der Waals surface area contributed by atoms with E-state index in [1.165, 1.54) is 13.1 Å². The number of rotatable bonds is 4. The SMILES string of the molecule is C[NH2+]C(=O)C1C(=O)C2(O)C(O)=C3C(=O)C4C(=C(C(=O)CN5CCCCC5)C=CC4O)CC3CC2CC1O. The molecule has 200 valence electrons. The van der Waals surface area contributed by atoms with Gasteiger partial charge in [0.1, 0.15) is 5.76 Å². The first-order chi connectivity index (χ1) is 17.6. The predicted molar refractivity (Wildman–Crippen MR) is 129 cm³/mol. The lowest BCUT2D eigenvalue weighted by Crippen LogP contribution is -2.87. The Labute approximate surface area is 214 Å². The molecule has 6 N–H and O–H groups in total. The van der Waals surface area contributed by atoms with E-state index in [-0.39, 0.29) is 37.2 Å². The van der Waals surface area contributed by atoms with Gasteiger partial charge in [-0.25, -0.2) is 4.79 Å². The molecule has 7 atom stereocenters. The molecule has 37 heavy (non-hydrogen) atoms. The number of likely N-dealkylation sites (tertiary alicyclic amines) is 1. The van der Waals surface area contributed by atoms with Crippen molar-refractivity contribution in [3.8, 4) is 0 Å². The molecule has 0 spiro atoms. The van der Waals surface area contributed by atoms with Gasteiger partial charge in [-0.05, 0) is 56.7 Å². The van der Waals surface area contributed by atoms with Crippen molar-refractivity contribution in [3.63, 3.8) is 0 Å². The van der Waals surface area contributed by atoms with Crippen LogP contribution in [0, 0.1) is 23.7 Å². The number of amides is 1. The average molecular weight is 516 g/mol. The van der Waals surface area contributed by atoms with E-state index < -0.39 is 64.7 Å². The molecule has 0 aromatic heterocycles. The number of nitrogens with two attached hydrogens (primary N) is 1. The van der Waals surface area contributed by atoms with E-state index in [4.69, 9.17) is 0 Å². The third-order valence-electron chi connectivity index (χ3n) is 9.00. The Morgan fingerprint density at radius 3 is 2.51 bits per heavy atom. The van der Waals surface area contributed by atoms with E-state index in [1.807, 2.05) is 0 Å². The molecule has 7 unspecified atom stereocenters. The zero-order valence-electron chi connectivity index (χ0n) is 20.9. The predicted octanol–water partition coefficient (Wildman–Crippen LogP) is -1.29. The number of ketones is 3. The van der Waals surface area contributed by atoms with Gasteiger partial charge < -0.3 is 20.4 Å². The Bertz CT molecular complexity index is 1130. The van der Waals surface area contributed by atoms with Gasteiger partial charge in [0.2, 0.25) is 0 Å². The number of fused-ring (bicyclic) bond motifs is 3. The molecule has 2 saturated carbocycles. The summed E-state index contributed by atoms with van der Waals surface area (Å²) >= 11 is 0. The van der Waals surface area contributed by atoms with Gasteiger partial charge in [-0.3, -0.25) is 24.6 Å². The van der Waals surface area contributed by atoms with E-state index in [1.54, 1.807) is 6.08 Å². The highest BCUT2D eigenvalue weighted by molar-refractivity contribution is 6.10. The summed E-state index contributed by atoms with van der Waals surface area (Å²) in [5.74, 6) is -7.32. The molecule has 10 heteroatoms. The molecule has 0 radical (unpaired) electrons. The maximum absolute atomic E-state index is 13.7. The molecule has 1 saturated heterocycles. The topological polar surface area (TPSA) is 169 Å². The minimum Gasteiger partial charge on any atom is -0.508 e. The van der Waals surface area contributed by atoms with E-state index >= 15 is 0 Å². The molecular formula is C27H35N2O8+. The van der Waals surface area contributed by atoms with E-state index in [2.05, 4.69) is 4.90 Å². The Kier molecular flexibility index (Phi) is 6.82. The van der Waals surface area contributed by atoms with Crippen molar-refractivity contribution >= 4 is 23.3 Å². The monoisotopic (exact) mass is 515 g/mol. The summed E-state index contributed by atoms with van der Waals surface area (Å²) in [6.07, 6.45) is 3.88. The second kappa shape index (κ2) is 9.67. The number of allylic oxidation sites excluding steroid dienone is 2. The number of piperidine rings is 1. The van der Waals surface area contributed by atoms with Crippen LogP contribution in [0.1, 0.15) is 38.5 Å².